The minimum atomic E-state index is -0.354. The summed E-state index contributed by atoms with van der Waals surface area (Å²) in [6.07, 6.45) is 1.73. The molecule has 4 heteroatoms. The van der Waals surface area contributed by atoms with Crippen molar-refractivity contribution in [3.8, 4) is 28.1 Å². The number of benzene rings is 2. The van der Waals surface area contributed by atoms with Gasteiger partial charge in [-0.3, -0.25) is 4.79 Å². The number of rotatable bonds is 3. The van der Waals surface area contributed by atoms with Crippen LogP contribution in [-0.4, -0.2) is 15.6 Å². The number of hydrogen-bond acceptors (Lipinski definition) is 3. The molecule has 0 N–H and O–H groups in total. The van der Waals surface area contributed by atoms with Gasteiger partial charge in [0.1, 0.15) is 5.52 Å². The Bertz CT molecular complexity index is 1040. The second-order valence-corrected chi connectivity index (χ2v) is 5.70. The number of hydrogen-bond donors (Lipinski definition) is 0. The van der Waals surface area contributed by atoms with Crippen LogP contribution in [-0.2, 0) is 4.79 Å². The van der Waals surface area contributed by atoms with Crippen LogP contribution in [0, 0.1) is 0 Å². The Hall–Kier alpha value is -3.40. The largest absolute Gasteiger partial charge is 0.424 e. The predicted octanol–water partition coefficient (Wildman–Crippen LogP) is 4.59. The minimum Gasteiger partial charge on any atom is -0.424 e. The monoisotopic (exact) mass is 328 g/mol. The van der Waals surface area contributed by atoms with Gasteiger partial charge < -0.3 is 4.74 Å². The van der Waals surface area contributed by atoms with Gasteiger partial charge in [0.2, 0.25) is 0 Å². The maximum atomic E-state index is 11.7. The Labute approximate surface area is 145 Å². The molecule has 4 nitrogen and oxygen atoms in total. The van der Waals surface area contributed by atoms with E-state index in [0.29, 0.717) is 5.75 Å². The van der Waals surface area contributed by atoms with Crippen LogP contribution >= 0.6 is 0 Å². The van der Waals surface area contributed by atoms with Crippen molar-refractivity contribution in [2.24, 2.45) is 0 Å². The maximum absolute atomic E-state index is 11.7. The highest BCUT2D eigenvalue weighted by atomic mass is 16.5. The van der Waals surface area contributed by atoms with Crippen LogP contribution in [0.15, 0.2) is 79.0 Å². The van der Waals surface area contributed by atoms with Crippen LogP contribution in [0.2, 0.25) is 0 Å². The molecule has 0 bridgehead atoms. The van der Waals surface area contributed by atoms with E-state index in [9.17, 15) is 4.79 Å². The lowest BCUT2D eigenvalue weighted by atomic mass is 10.0. The molecule has 0 aliphatic carbocycles. The normalized spacial score (nSPS) is 10.8. The van der Waals surface area contributed by atoms with Crippen molar-refractivity contribution in [3.05, 3.63) is 79.0 Å². The van der Waals surface area contributed by atoms with Crippen LogP contribution in [0.5, 0.6) is 5.75 Å². The van der Waals surface area contributed by atoms with Crippen molar-refractivity contribution < 1.29 is 9.53 Å². The number of carbonyl (C=O) groups excluding carboxylic acids is 1. The molecular weight excluding hydrogens is 312 g/mol. The number of ether oxygens (including phenoxy) is 1. The van der Waals surface area contributed by atoms with Gasteiger partial charge in [0.25, 0.3) is 0 Å². The molecule has 25 heavy (non-hydrogen) atoms. The third-order valence-electron chi connectivity index (χ3n) is 4.01. The highest BCUT2D eigenvalue weighted by Gasteiger charge is 2.23. The lowest BCUT2D eigenvalue weighted by Crippen LogP contribution is -2.02. The zero-order chi connectivity index (χ0) is 17.2. The molecule has 0 fully saturated rings. The zero-order valence-electron chi connectivity index (χ0n) is 13.7. The van der Waals surface area contributed by atoms with Crippen LogP contribution in [0.3, 0.4) is 0 Å². The van der Waals surface area contributed by atoms with E-state index in [2.05, 4.69) is 5.10 Å². The molecule has 2 heterocycles. The topological polar surface area (TPSA) is 43.6 Å². The van der Waals surface area contributed by atoms with Crippen molar-refractivity contribution in [1.82, 2.24) is 9.61 Å². The molecule has 122 valence electrons. The van der Waals surface area contributed by atoms with Gasteiger partial charge in [0, 0.05) is 18.7 Å². The maximum Gasteiger partial charge on any atom is 0.308 e. The molecule has 4 aromatic rings. The van der Waals surface area contributed by atoms with Gasteiger partial charge >= 0.3 is 5.97 Å². The fraction of sp³-hybridized carbons (Fsp3) is 0.0476. The molecular formula is C21H16N2O2. The van der Waals surface area contributed by atoms with Crippen molar-refractivity contribution >= 4 is 11.5 Å². The fourth-order valence-electron chi connectivity index (χ4n) is 3.05. The molecule has 0 aliphatic rings. The van der Waals surface area contributed by atoms with E-state index in [1.54, 1.807) is 6.20 Å². The van der Waals surface area contributed by atoms with Gasteiger partial charge in [0.05, 0.1) is 11.3 Å². The summed E-state index contributed by atoms with van der Waals surface area (Å²) in [7, 11) is 0. The van der Waals surface area contributed by atoms with Crippen molar-refractivity contribution in [1.29, 1.82) is 0 Å². The summed E-state index contributed by atoms with van der Waals surface area (Å²) >= 11 is 0. The standard InChI is InChI=1S/C21H16N2O2/c1-15(24)25-21-18-13-8-14-22-23(18)20(17-11-6-3-7-12-17)19(21)16-9-4-2-5-10-16/h2-14H,1H3. The van der Waals surface area contributed by atoms with Gasteiger partial charge in [-0.2, -0.15) is 5.10 Å². The molecule has 0 saturated carbocycles. The van der Waals surface area contributed by atoms with Crippen molar-refractivity contribution in [3.63, 3.8) is 0 Å². The molecule has 0 spiro atoms. The van der Waals surface area contributed by atoms with E-state index in [4.69, 9.17) is 4.74 Å². The molecule has 2 aromatic heterocycles. The lowest BCUT2D eigenvalue weighted by molar-refractivity contribution is -0.131. The van der Waals surface area contributed by atoms with Crippen LogP contribution in [0.4, 0.5) is 0 Å². The number of fused-ring (bicyclic) bond motifs is 1. The van der Waals surface area contributed by atoms with E-state index in [0.717, 1.165) is 27.9 Å². The summed E-state index contributed by atoms with van der Waals surface area (Å²) in [6, 6.07) is 23.7. The van der Waals surface area contributed by atoms with E-state index < -0.39 is 0 Å². The van der Waals surface area contributed by atoms with E-state index in [-0.39, 0.29) is 5.97 Å². The van der Waals surface area contributed by atoms with E-state index in [1.807, 2.05) is 77.3 Å². The first-order valence-corrected chi connectivity index (χ1v) is 8.04. The first-order valence-electron chi connectivity index (χ1n) is 8.04. The first kappa shape index (κ1) is 15.1. The number of nitrogens with zero attached hydrogens (tertiary/aromatic N) is 2. The average molecular weight is 328 g/mol. The SMILES string of the molecule is CC(=O)Oc1c(-c2ccccc2)c(-c2ccccc2)n2ncccc12. The Morgan fingerprint density at radius 3 is 2.16 bits per heavy atom. The first-order chi connectivity index (χ1) is 12.3. The molecule has 4 rings (SSSR count). The average Bonchev–Trinajstić information content (AvgIpc) is 2.97. The minimum absolute atomic E-state index is 0.354. The summed E-state index contributed by atoms with van der Waals surface area (Å²) in [5, 5.41) is 4.50. The molecule has 0 unspecified atom stereocenters. The summed E-state index contributed by atoms with van der Waals surface area (Å²) in [5.41, 5.74) is 4.51. The smallest absolute Gasteiger partial charge is 0.308 e. The van der Waals surface area contributed by atoms with Gasteiger partial charge in [-0.25, -0.2) is 4.52 Å². The Balaban J connectivity index is 2.13. The van der Waals surface area contributed by atoms with Crippen molar-refractivity contribution in [2.45, 2.75) is 6.92 Å². The summed E-state index contributed by atoms with van der Waals surface area (Å²) < 4.78 is 7.44. The highest BCUT2D eigenvalue weighted by molar-refractivity contribution is 5.95. The fourth-order valence-corrected chi connectivity index (χ4v) is 3.05. The molecule has 2 aromatic carbocycles. The van der Waals surface area contributed by atoms with Crippen LogP contribution in [0.1, 0.15) is 6.92 Å². The Morgan fingerprint density at radius 1 is 0.880 bits per heavy atom. The lowest BCUT2D eigenvalue weighted by Gasteiger charge is -2.08. The molecule has 0 saturated heterocycles. The van der Waals surface area contributed by atoms with Gasteiger partial charge in [0.15, 0.2) is 5.75 Å². The predicted molar refractivity (Wildman–Crippen MR) is 97.4 cm³/mol. The molecule has 0 atom stereocenters. The second kappa shape index (κ2) is 6.24. The zero-order valence-corrected chi connectivity index (χ0v) is 13.7. The van der Waals surface area contributed by atoms with E-state index >= 15 is 0 Å². The summed E-state index contributed by atoms with van der Waals surface area (Å²) in [5.74, 6) is 0.179. The van der Waals surface area contributed by atoms with E-state index in [1.165, 1.54) is 6.92 Å². The third-order valence-corrected chi connectivity index (χ3v) is 4.01. The highest BCUT2D eigenvalue weighted by Crippen LogP contribution is 2.43. The number of carbonyl (C=O) groups is 1. The Morgan fingerprint density at radius 2 is 1.52 bits per heavy atom. The van der Waals surface area contributed by atoms with Crippen molar-refractivity contribution in [2.75, 3.05) is 0 Å². The summed E-state index contributed by atoms with van der Waals surface area (Å²) in [6.45, 7) is 1.41. The van der Waals surface area contributed by atoms with Gasteiger partial charge in [-0.15, -0.1) is 0 Å². The second-order valence-electron chi connectivity index (χ2n) is 5.70. The molecule has 0 radical (unpaired) electrons. The number of esters is 1. The van der Waals surface area contributed by atoms with Crippen LogP contribution in [0.25, 0.3) is 27.9 Å². The summed E-state index contributed by atoms with van der Waals surface area (Å²) in [4.78, 5) is 11.7. The Kier molecular flexibility index (Phi) is 3.78. The van der Waals surface area contributed by atoms with Gasteiger partial charge in [-0.05, 0) is 17.7 Å². The third kappa shape index (κ3) is 2.68. The van der Waals surface area contributed by atoms with Gasteiger partial charge in [-0.1, -0.05) is 60.7 Å². The number of aromatic nitrogens is 2. The molecule has 0 aliphatic heterocycles. The quantitative estimate of drug-likeness (QED) is 0.517. The van der Waals surface area contributed by atoms with Crippen LogP contribution < -0.4 is 4.74 Å². The molecule has 0 amide bonds.